The van der Waals surface area contributed by atoms with Gasteiger partial charge in [0.1, 0.15) is 23.3 Å². The Balaban J connectivity index is 1.43. The van der Waals surface area contributed by atoms with E-state index in [2.05, 4.69) is 50.4 Å². The highest BCUT2D eigenvalue weighted by Crippen LogP contribution is 2.39. The Morgan fingerprint density at radius 1 is 1.03 bits per heavy atom. The van der Waals surface area contributed by atoms with Gasteiger partial charge < -0.3 is 14.8 Å². The predicted molar refractivity (Wildman–Crippen MR) is 151 cm³/mol. The summed E-state index contributed by atoms with van der Waals surface area (Å²) in [7, 11) is 3.48. The minimum absolute atomic E-state index is 0.0528. The van der Waals surface area contributed by atoms with E-state index in [1.54, 1.807) is 25.2 Å². The fourth-order valence-corrected chi connectivity index (χ4v) is 5.31. The van der Waals surface area contributed by atoms with Gasteiger partial charge in [0.25, 0.3) is 0 Å². The molecule has 4 heterocycles. The van der Waals surface area contributed by atoms with Gasteiger partial charge in [0, 0.05) is 24.9 Å². The second-order valence-corrected chi connectivity index (χ2v) is 9.90. The summed E-state index contributed by atoms with van der Waals surface area (Å²) in [6, 6.07) is 18.6. The Bertz CT molecular complexity index is 1590. The molecule has 1 aliphatic rings. The summed E-state index contributed by atoms with van der Waals surface area (Å²) in [4.78, 5) is 11.6. The van der Waals surface area contributed by atoms with Crippen molar-refractivity contribution in [1.29, 1.82) is 0 Å². The number of pyridine rings is 1. The Morgan fingerprint density at radius 3 is 2.64 bits per heavy atom. The maximum atomic E-state index is 6.17. The van der Waals surface area contributed by atoms with Crippen LogP contribution in [-0.2, 0) is 24.6 Å². The number of anilines is 2. The van der Waals surface area contributed by atoms with Crippen LogP contribution in [0.1, 0.15) is 42.6 Å². The van der Waals surface area contributed by atoms with Crippen molar-refractivity contribution in [3.05, 3.63) is 77.9 Å². The van der Waals surface area contributed by atoms with Gasteiger partial charge in [-0.1, -0.05) is 36.4 Å². The molecule has 0 aliphatic carbocycles. The molecule has 1 aliphatic heterocycles. The molecule has 200 valence electrons. The summed E-state index contributed by atoms with van der Waals surface area (Å²) in [6.45, 7) is 2.79. The number of aromatic nitrogens is 6. The lowest BCUT2D eigenvalue weighted by Gasteiger charge is -2.25. The molecule has 0 bridgehead atoms. The summed E-state index contributed by atoms with van der Waals surface area (Å²) in [5, 5.41) is 12.3. The number of benzene rings is 2. The molecule has 0 saturated carbocycles. The molecular weight excluding hydrogens is 490 g/mol. The molecule has 1 saturated heterocycles. The maximum absolute atomic E-state index is 6.17. The Kier molecular flexibility index (Phi) is 6.98. The molecule has 9 heteroatoms. The average Bonchev–Trinajstić information content (AvgIpc) is 3.55. The van der Waals surface area contributed by atoms with E-state index in [0.29, 0.717) is 5.75 Å². The van der Waals surface area contributed by atoms with Crippen molar-refractivity contribution < 1.29 is 9.47 Å². The topological polar surface area (TPSA) is 91.9 Å². The minimum atomic E-state index is -0.0528. The molecule has 3 aromatic heterocycles. The zero-order valence-electron chi connectivity index (χ0n) is 22.6. The van der Waals surface area contributed by atoms with Gasteiger partial charge in [0.2, 0.25) is 0 Å². The van der Waals surface area contributed by atoms with E-state index in [1.165, 1.54) is 5.56 Å². The number of nitrogens with one attached hydrogen (secondary N) is 1. The number of nitrogens with zero attached hydrogens (tertiary/aromatic N) is 6. The van der Waals surface area contributed by atoms with Crippen molar-refractivity contribution in [2.75, 3.05) is 19.0 Å². The molecule has 0 spiro atoms. The highest BCUT2D eigenvalue weighted by Gasteiger charge is 2.24. The van der Waals surface area contributed by atoms with Crippen LogP contribution < -0.4 is 10.1 Å². The minimum Gasteiger partial charge on any atom is -0.494 e. The fourth-order valence-electron chi connectivity index (χ4n) is 5.31. The molecule has 39 heavy (non-hydrogen) atoms. The van der Waals surface area contributed by atoms with Crippen LogP contribution in [0, 0.1) is 6.92 Å². The zero-order chi connectivity index (χ0) is 26.8. The monoisotopic (exact) mass is 523 g/mol. The van der Waals surface area contributed by atoms with E-state index < -0.39 is 0 Å². The van der Waals surface area contributed by atoms with Gasteiger partial charge in [-0.3, -0.25) is 4.57 Å². The molecule has 0 radical (unpaired) electrons. The van der Waals surface area contributed by atoms with Gasteiger partial charge in [-0.2, -0.15) is 15.0 Å². The van der Waals surface area contributed by atoms with E-state index in [1.807, 2.05) is 31.2 Å². The van der Waals surface area contributed by atoms with Crippen LogP contribution in [0.3, 0.4) is 0 Å². The van der Waals surface area contributed by atoms with Crippen LogP contribution in [0.25, 0.3) is 22.4 Å². The van der Waals surface area contributed by atoms with E-state index in [0.717, 1.165) is 84.0 Å². The van der Waals surface area contributed by atoms with Crippen molar-refractivity contribution in [3.63, 3.8) is 0 Å². The number of hydrogen-bond acceptors (Lipinski definition) is 7. The summed E-state index contributed by atoms with van der Waals surface area (Å²) in [5.74, 6) is 1.59. The number of methoxy groups -OCH3 is 1. The third kappa shape index (κ3) is 5.09. The molecule has 6 rings (SSSR count). The normalized spacial score (nSPS) is 15.5. The highest BCUT2D eigenvalue weighted by atomic mass is 16.5. The number of ether oxygens (including phenoxy) is 2. The standard InChI is InChI=1S/C30H33N7O2/c1-20-32-28-25(34-24-13-9-12-23(29(24)38-3)26-19-31-36(2)35-26)18-22(16-15-21-10-5-4-6-11-21)33-30(28)37(20)27-14-7-8-17-39-27/h4-6,9-13,18-19,27H,7-8,14-17H2,1-3H3,(H,33,34). The van der Waals surface area contributed by atoms with Crippen LogP contribution in [0.5, 0.6) is 5.75 Å². The number of hydrogen-bond donors (Lipinski definition) is 1. The van der Waals surface area contributed by atoms with Gasteiger partial charge in [0.15, 0.2) is 11.4 Å². The SMILES string of the molecule is COc1c(Nc2cc(CCc3ccccc3)nc3c2nc(C)n3C2CCCCO2)cccc1-c1cnn(C)n1. The van der Waals surface area contributed by atoms with Crippen molar-refractivity contribution >= 4 is 22.5 Å². The first-order valence-corrected chi connectivity index (χ1v) is 13.5. The maximum Gasteiger partial charge on any atom is 0.164 e. The van der Waals surface area contributed by atoms with Crippen LogP contribution >= 0.6 is 0 Å². The largest absolute Gasteiger partial charge is 0.494 e. The first kappa shape index (κ1) is 25.1. The lowest BCUT2D eigenvalue weighted by atomic mass is 10.1. The van der Waals surface area contributed by atoms with Gasteiger partial charge in [-0.25, -0.2) is 9.97 Å². The predicted octanol–water partition coefficient (Wildman–Crippen LogP) is 5.77. The summed E-state index contributed by atoms with van der Waals surface area (Å²) < 4.78 is 14.2. The van der Waals surface area contributed by atoms with Gasteiger partial charge in [0.05, 0.1) is 24.7 Å². The first-order chi connectivity index (χ1) is 19.1. The van der Waals surface area contributed by atoms with Crippen molar-refractivity contribution in [2.24, 2.45) is 7.05 Å². The third-order valence-corrected chi connectivity index (χ3v) is 7.20. The van der Waals surface area contributed by atoms with E-state index in [-0.39, 0.29) is 6.23 Å². The van der Waals surface area contributed by atoms with Crippen LogP contribution in [0.2, 0.25) is 0 Å². The smallest absolute Gasteiger partial charge is 0.164 e. The lowest BCUT2D eigenvalue weighted by Crippen LogP contribution is -2.19. The Labute approximate surface area is 227 Å². The van der Waals surface area contributed by atoms with E-state index in [9.17, 15) is 0 Å². The number of aryl methyl sites for hydroxylation is 4. The molecular formula is C30H33N7O2. The second kappa shape index (κ2) is 10.9. The second-order valence-electron chi connectivity index (χ2n) is 9.90. The molecule has 1 unspecified atom stereocenters. The molecule has 5 aromatic rings. The number of imidazole rings is 1. The molecule has 9 nitrogen and oxygen atoms in total. The van der Waals surface area contributed by atoms with Gasteiger partial charge in [-0.05, 0) is 62.8 Å². The van der Waals surface area contributed by atoms with Gasteiger partial charge in [-0.15, -0.1) is 0 Å². The zero-order valence-corrected chi connectivity index (χ0v) is 22.6. The Morgan fingerprint density at radius 2 is 1.90 bits per heavy atom. The molecule has 1 N–H and O–H groups in total. The molecule has 0 amide bonds. The highest BCUT2D eigenvalue weighted by molar-refractivity contribution is 5.91. The van der Waals surface area contributed by atoms with E-state index >= 15 is 0 Å². The average molecular weight is 524 g/mol. The molecule has 2 aromatic carbocycles. The quantitative estimate of drug-likeness (QED) is 0.276. The number of para-hydroxylation sites is 1. The number of rotatable bonds is 8. The summed E-state index contributed by atoms with van der Waals surface area (Å²) in [6.07, 6.45) is 6.57. The Hall–Kier alpha value is -4.24. The first-order valence-electron chi connectivity index (χ1n) is 13.5. The van der Waals surface area contributed by atoms with E-state index in [4.69, 9.17) is 19.4 Å². The van der Waals surface area contributed by atoms with Crippen LogP contribution in [-0.4, -0.2) is 43.2 Å². The van der Waals surface area contributed by atoms with Crippen LogP contribution in [0.4, 0.5) is 11.4 Å². The van der Waals surface area contributed by atoms with Crippen LogP contribution in [0.15, 0.2) is 60.8 Å². The molecule has 1 fully saturated rings. The van der Waals surface area contributed by atoms with Crippen molar-refractivity contribution in [3.8, 4) is 17.0 Å². The van der Waals surface area contributed by atoms with Crippen molar-refractivity contribution in [2.45, 2.75) is 45.3 Å². The van der Waals surface area contributed by atoms with Gasteiger partial charge >= 0.3 is 0 Å². The van der Waals surface area contributed by atoms with Crippen molar-refractivity contribution in [1.82, 2.24) is 29.5 Å². The number of fused-ring (bicyclic) bond motifs is 1. The fraction of sp³-hybridized carbons (Fsp3) is 0.333. The summed E-state index contributed by atoms with van der Waals surface area (Å²) >= 11 is 0. The lowest BCUT2D eigenvalue weighted by molar-refractivity contribution is -0.0309. The molecule has 1 atom stereocenters. The summed E-state index contributed by atoms with van der Waals surface area (Å²) in [5.41, 5.74) is 7.26. The third-order valence-electron chi connectivity index (χ3n) is 7.20.